The molecule has 1 aliphatic carbocycles. The van der Waals surface area contributed by atoms with Crippen LogP contribution in [0, 0.1) is 11.8 Å². The fraction of sp³-hybridized carbons (Fsp3) is 0.429. The Morgan fingerprint density at radius 2 is 1.68 bits per heavy atom. The highest BCUT2D eigenvalue weighted by Gasteiger charge is 2.47. The van der Waals surface area contributed by atoms with Crippen molar-refractivity contribution in [1.82, 2.24) is 4.90 Å². The number of anilines is 1. The molecule has 3 amide bonds. The van der Waals surface area contributed by atoms with Crippen molar-refractivity contribution in [2.75, 3.05) is 18.5 Å². The van der Waals surface area contributed by atoms with E-state index in [-0.39, 0.29) is 30.2 Å². The fourth-order valence-electron chi connectivity index (χ4n) is 3.45. The molecule has 7 heteroatoms. The Kier molecular flexibility index (Phi) is 6.23. The van der Waals surface area contributed by atoms with E-state index < -0.39 is 11.9 Å². The molecule has 0 saturated carbocycles. The minimum atomic E-state index is -0.452. The van der Waals surface area contributed by atoms with Crippen LogP contribution in [0.15, 0.2) is 36.4 Å². The molecule has 0 aromatic heterocycles. The van der Waals surface area contributed by atoms with E-state index in [0.717, 1.165) is 17.7 Å². The lowest BCUT2D eigenvalue weighted by atomic mass is 9.85. The molecule has 0 bridgehead atoms. The first-order chi connectivity index (χ1) is 13.5. The molecule has 1 fully saturated rings. The predicted octanol–water partition coefficient (Wildman–Crippen LogP) is 2.53. The normalized spacial score (nSPS) is 20.8. The van der Waals surface area contributed by atoms with Crippen LogP contribution in [-0.4, -0.2) is 41.7 Å². The van der Waals surface area contributed by atoms with Crippen LogP contribution in [0.25, 0.3) is 0 Å². The van der Waals surface area contributed by atoms with Crippen molar-refractivity contribution >= 4 is 29.4 Å². The average Bonchev–Trinajstić information content (AvgIpc) is 2.94. The molecule has 1 aliphatic heterocycles. The molecule has 1 aromatic rings. The van der Waals surface area contributed by atoms with E-state index >= 15 is 0 Å². The van der Waals surface area contributed by atoms with Crippen molar-refractivity contribution in [1.29, 1.82) is 0 Å². The van der Waals surface area contributed by atoms with Gasteiger partial charge in [0.25, 0.3) is 0 Å². The molecule has 7 nitrogen and oxygen atoms in total. The van der Waals surface area contributed by atoms with E-state index in [0.29, 0.717) is 30.7 Å². The van der Waals surface area contributed by atoms with Gasteiger partial charge < -0.3 is 10.1 Å². The summed E-state index contributed by atoms with van der Waals surface area (Å²) in [7, 11) is 0. The number of nitrogens with one attached hydrogen (secondary N) is 1. The highest BCUT2D eigenvalue weighted by Crippen LogP contribution is 2.34. The van der Waals surface area contributed by atoms with Gasteiger partial charge in [0, 0.05) is 5.69 Å². The second-order valence-corrected chi connectivity index (χ2v) is 7.03. The maximum absolute atomic E-state index is 12.4. The number of hydrogen-bond acceptors (Lipinski definition) is 5. The largest absolute Gasteiger partial charge is 0.462 e. The number of esters is 1. The molecule has 0 spiro atoms. The number of unbranched alkanes of at least 4 members (excludes halogenated alkanes) is 1. The summed E-state index contributed by atoms with van der Waals surface area (Å²) in [6.07, 6.45) is 6.66. The lowest BCUT2D eigenvalue weighted by Gasteiger charge is -2.14. The maximum atomic E-state index is 12.4. The van der Waals surface area contributed by atoms with Crippen molar-refractivity contribution in [3.05, 3.63) is 42.0 Å². The number of imide groups is 1. The van der Waals surface area contributed by atoms with Crippen molar-refractivity contribution in [3.63, 3.8) is 0 Å². The molecule has 1 aromatic carbocycles. The second kappa shape index (κ2) is 8.82. The summed E-state index contributed by atoms with van der Waals surface area (Å²) in [5.41, 5.74) is 0.879. The number of benzene rings is 1. The molecule has 148 valence electrons. The molecule has 1 N–H and O–H groups in total. The molecular weight excluding hydrogens is 360 g/mol. The van der Waals surface area contributed by atoms with Gasteiger partial charge in [-0.25, -0.2) is 4.79 Å². The van der Waals surface area contributed by atoms with Crippen LogP contribution in [0.3, 0.4) is 0 Å². The van der Waals surface area contributed by atoms with Gasteiger partial charge in [0.05, 0.1) is 24.0 Å². The van der Waals surface area contributed by atoms with Crippen molar-refractivity contribution in [2.45, 2.75) is 32.6 Å². The summed E-state index contributed by atoms with van der Waals surface area (Å²) in [6, 6.07) is 6.31. The topological polar surface area (TPSA) is 92.8 Å². The summed E-state index contributed by atoms with van der Waals surface area (Å²) in [5.74, 6) is -2.10. The summed E-state index contributed by atoms with van der Waals surface area (Å²) in [6.45, 7) is 2.09. The van der Waals surface area contributed by atoms with Crippen LogP contribution in [0.4, 0.5) is 5.69 Å². The zero-order valence-electron chi connectivity index (χ0n) is 15.8. The number of nitrogens with zero attached hydrogens (tertiary/aromatic N) is 1. The average molecular weight is 384 g/mol. The quantitative estimate of drug-likeness (QED) is 0.337. The lowest BCUT2D eigenvalue weighted by Crippen LogP contribution is -2.38. The zero-order valence-corrected chi connectivity index (χ0v) is 15.8. The number of amides is 3. The smallest absolute Gasteiger partial charge is 0.338 e. The van der Waals surface area contributed by atoms with E-state index in [1.165, 1.54) is 0 Å². The molecule has 1 heterocycles. The third-order valence-corrected chi connectivity index (χ3v) is 5.04. The molecule has 1 saturated heterocycles. The predicted molar refractivity (Wildman–Crippen MR) is 102 cm³/mol. The number of rotatable bonds is 7. The number of ether oxygens (including phenoxy) is 1. The standard InChI is InChI=1S/C21H24N2O5/c1-2-3-12-28-21(27)14-8-10-15(11-9-14)22-18(24)13-23-19(25)16-6-4-5-7-17(16)20(23)26/h4-5,8-11,16-17H,2-3,6-7,12-13H2,1H3,(H,22,24). The first-order valence-electron chi connectivity index (χ1n) is 9.58. The molecule has 2 atom stereocenters. The monoisotopic (exact) mass is 384 g/mol. The Bertz CT molecular complexity index is 774. The maximum Gasteiger partial charge on any atom is 0.338 e. The molecule has 2 aliphatic rings. The van der Waals surface area contributed by atoms with Gasteiger partial charge in [-0.2, -0.15) is 0 Å². The number of hydrogen-bond donors (Lipinski definition) is 1. The summed E-state index contributed by atoms with van der Waals surface area (Å²) < 4.78 is 5.14. The van der Waals surface area contributed by atoms with Crippen LogP contribution in [0.5, 0.6) is 0 Å². The van der Waals surface area contributed by atoms with E-state index in [1.54, 1.807) is 24.3 Å². The Balaban J connectivity index is 1.54. The number of likely N-dealkylation sites (tertiary alicyclic amines) is 1. The summed E-state index contributed by atoms with van der Waals surface area (Å²) in [5, 5.41) is 2.66. The Labute approximate surface area is 163 Å². The van der Waals surface area contributed by atoms with Gasteiger partial charge in [0.2, 0.25) is 17.7 Å². The van der Waals surface area contributed by atoms with Crippen molar-refractivity contribution in [3.8, 4) is 0 Å². The minimum Gasteiger partial charge on any atom is -0.462 e. The van der Waals surface area contributed by atoms with E-state index in [4.69, 9.17) is 4.74 Å². The first kappa shape index (κ1) is 19.8. The van der Waals surface area contributed by atoms with E-state index in [1.807, 2.05) is 19.1 Å². The third-order valence-electron chi connectivity index (χ3n) is 5.04. The highest BCUT2D eigenvalue weighted by atomic mass is 16.5. The number of allylic oxidation sites excluding steroid dienone is 2. The summed E-state index contributed by atoms with van der Waals surface area (Å²) in [4.78, 5) is 50.0. The minimum absolute atomic E-state index is 0.278. The second-order valence-electron chi connectivity index (χ2n) is 7.03. The van der Waals surface area contributed by atoms with Gasteiger partial charge >= 0.3 is 5.97 Å². The van der Waals surface area contributed by atoms with Crippen LogP contribution in [-0.2, 0) is 19.1 Å². The summed E-state index contributed by atoms with van der Waals surface area (Å²) >= 11 is 0. The van der Waals surface area contributed by atoms with Gasteiger partial charge in [-0.1, -0.05) is 25.5 Å². The number of fused-ring (bicyclic) bond motifs is 1. The van der Waals surface area contributed by atoms with Crippen LogP contribution in [0.1, 0.15) is 43.0 Å². The molecule has 3 rings (SSSR count). The molecule has 28 heavy (non-hydrogen) atoms. The van der Waals surface area contributed by atoms with E-state index in [2.05, 4.69) is 5.32 Å². The van der Waals surface area contributed by atoms with Crippen molar-refractivity contribution in [2.24, 2.45) is 11.8 Å². The molecule has 0 radical (unpaired) electrons. The Morgan fingerprint density at radius 1 is 1.07 bits per heavy atom. The van der Waals surface area contributed by atoms with Crippen LogP contribution < -0.4 is 5.32 Å². The first-order valence-corrected chi connectivity index (χ1v) is 9.58. The molecular formula is C21H24N2O5. The zero-order chi connectivity index (χ0) is 20.1. The Morgan fingerprint density at radius 3 is 2.25 bits per heavy atom. The van der Waals surface area contributed by atoms with E-state index in [9.17, 15) is 19.2 Å². The van der Waals surface area contributed by atoms with Gasteiger partial charge in [-0.3, -0.25) is 19.3 Å². The van der Waals surface area contributed by atoms with Gasteiger partial charge in [-0.15, -0.1) is 0 Å². The fourth-order valence-corrected chi connectivity index (χ4v) is 3.45. The van der Waals surface area contributed by atoms with Crippen molar-refractivity contribution < 1.29 is 23.9 Å². The lowest BCUT2D eigenvalue weighted by molar-refractivity contribution is -0.142. The Hall–Kier alpha value is -2.96. The van der Waals surface area contributed by atoms with Gasteiger partial charge in [0.1, 0.15) is 6.54 Å². The SMILES string of the molecule is CCCCOC(=O)c1ccc(NC(=O)CN2C(=O)C3CC=CCC3C2=O)cc1. The number of carbonyl (C=O) groups is 4. The van der Waals surface area contributed by atoms with Gasteiger partial charge in [-0.05, 0) is 43.5 Å². The van der Waals surface area contributed by atoms with Crippen LogP contribution in [0.2, 0.25) is 0 Å². The van der Waals surface area contributed by atoms with Gasteiger partial charge in [0.15, 0.2) is 0 Å². The van der Waals surface area contributed by atoms with Crippen LogP contribution >= 0.6 is 0 Å². The molecule has 2 unspecified atom stereocenters. The third kappa shape index (κ3) is 4.30. The highest BCUT2D eigenvalue weighted by molar-refractivity contribution is 6.08. The number of carbonyl (C=O) groups excluding carboxylic acids is 4.